The van der Waals surface area contributed by atoms with Gasteiger partial charge in [0.15, 0.2) is 0 Å². The fourth-order valence-electron chi connectivity index (χ4n) is 2.65. The van der Waals surface area contributed by atoms with Gasteiger partial charge < -0.3 is 20.7 Å². The Morgan fingerprint density at radius 2 is 1.83 bits per heavy atom. The maximum Gasteiger partial charge on any atom is 0.313 e. The molecule has 1 aliphatic carbocycles. The van der Waals surface area contributed by atoms with Crippen molar-refractivity contribution in [3.8, 4) is 0 Å². The molecule has 7 nitrogen and oxygen atoms in total. The quantitative estimate of drug-likeness (QED) is 0.536. The van der Waals surface area contributed by atoms with Gasteiger partial charge in [-0.3, -0.25) is 14.4 Å². The molecule has 0 saturated heterocycles. The summed E-state index contributed by atoms with van der Waals surface area (Å²) in [5.41, 5.74) is 0.669. The van der Waals surface area contributed by atoms with Crippen LogP contribution in [0, 0.1) is 0 Å². The summed E-state index contributed by atoms with van der Waals surface area (Å²) in [6.45, 7) is 0.561. The maximum absolute atomic E-state index is 12.4. The average Bonchev–Trinajstić information content (AvgIpc) is 3.08. The third-order valence-corrected chi connectivity index (χ3v) is 3.91. The number of hydrogen-bond acceptors (Lipinski definition) is 4. The van der Waals surface area contributed by atoms with E-state index in [0.29, 0.717) is 17.9 Å². The number of para-hydroxylation sites is 1. The highest BCUT2D eigenvalue weighted by Crippen LogP contribution is 2.20. The standard InChI is InChI=1S/C17H23N3O4/c1-24-11-10-18-16(22)17(23)20-14-9-5-4-8-13(14)15(21)19-12-6-2-3-7-12/h4-5,8-9,12H,2-3,6-7,10-11H2,1H3,(H,18,22)(H,19,21)(H,20,23). The third kappa shape index (κ3) is 5.06. The van der Waals surface area contributed by atoms with Crippen LogP contribution in [0.25, 0.3) is 0 Å². The Labute approximate surface area is 141 Å². The minimum absolute atomic E-state index is 0.179. The molecule has 0 spiro atoms. The van der Waals surface area contributed by atoms with Gasteiger partial charge in [0, 0.05) is 19.7 Å². The largest absolute Gasteiger partial charge is 0.383 e. The molecule has 0 radical (unpaired) electrons. The molecular formula is C17H23N3O4. The molecule has 2 rings (SSSR count). The Bertz CT molecular complexity index is 597. The predicted molar refractivity (Wildman–Crippen MR) is 89.7 cm³/mol. The number of rotatable bonds is 6. The van der Waals surface area contributed by atoms with Gasteiger partial charge >= 0.3 is 11.8 Å². The minimum Gasteiger partial charge on any atom is -0.383 e. The van der Waals surface area contributed by atoms with E-state index in [0.717, 1.165) is 25.7 Å². The molecule has 7 heteroatoms. The molecule has 0 atom stereocenters. The summed E-state index contributed by atoms with van der Waals surface area (Å²) in [7, 11) is 1.51. The van der Waals surface area contributed by atoms with E-state index < -0.39 is 11.8 Å². The van der Waals surface area contributed by atoms with Gasteiger partial charge in [-0.15, -0.1) is 0 Å². The van der Waals surface area contributed by atoms with Crippen LogP contribution in [-0.2, 0) is 14.3 Å². The first-order valence-electron chi connectivity index (χ1n) is 8.10. The fourth-order valence-corrected chi connectivity index (χ4v) is 2.65. The molecular weight excluding hydrogens is 310 g/mol. The van der Waals surface area contributed by atoms with Gasteiger partial charge in [-0.25, -0.2) is 0 Å². The van der Waals surface area contributed by atoms with E-state index in [4.69, 9.17) is 4.74 Å². The Kier molecular flexibility index (Phi) is 6.74. The molecule has 130 valence electrons. The van der Waals surface area contributed by atoms with Gasteiger partial charge in [0.25, 0.3) is 5.91 Å². The summed E-state index contributed by atoms with van der Waals surface area (Å²) in [6.07, 6.45) is 4.18. The van der Waals surface area contributed by atoms with Gasteiger partial charge in [0.05, 0.1) is 17.9 Å². The number of carbonyl (C=O) groups is 3. The van der Waals surface area contributed by atoms with Crippen LogP contribution in [0.3, 0.4) is 0 Å². The second-order valence-corrected chi connectivity index (χ2v) is 5.70. The normalized spacial score (nSPS) is 14.2. The minimum atomic E-state index is -0.813. The first-order valence-corrected chi connectivity index (χ1v) is 8.10. The van der Waals surface area contributed by atoms with Crippen molar-refractivity contribution in [1.29, 1.82) is 0 Å². The highest BCUT2D eigenvalue weighted by molar-refractivity contribution is 6.40. The molecule has 0 heterocycles. The Balaban J connectivity index is 1.98. The van der Waals surface area contributed by atoms with E-state index in [1.54, 1.807) is 24.3 Å². The number of nitrogens with one attached hydrogen (secondary N) is 3. The summed E-state index contributed by atoms with van der Waals surface area (Å²) in [5.74, 6) is -1.82. The van der Waals surface area contributed by atoms with Gasteiger partial charge in [0.1, 0.15) is 0 Å². The van der Waals surface area contributed by atoms with Gasteiger partial charge in [-0.1, -0.05) is 25.0 Å². The number of carbonyl (C=O) groups excluding carboxylic acids is 3. The first kappa shape index (κ1) is 17.9. The lowest BCUT2D eigenvalue weighted by Crippen LogP contribution is -2.38. The molecule has 3 amide bonds. The molecule has 1 aromatic carbocycles. The molecule has 0 unspecified atom stereocenters. The highest BCUT2D eigenvalue weighted by atomic mass is 16.5. The lowest BCUT2D eigenvalue weighted by molar-refractivity contribution is -0.136. The van der Waals surface area contributed by atoms with E-state index in [9.17, 15) is 14.4 Å². The van der Waals surface area contributed by atoms with Gasteiger partial charge in [-0.2, -0.15) is 0 Å². The molecule has 1 saturated carbocycles. The number of benzene rings is 1. The van der Waals surface area contributed by atoms with Gasteiger partial charge in [0.2, 0.25) is 0 Å². The van der Waals surface area contributed by atoms with E-state index in [2.05, 4.69) is 16.0 Å². The van der Waals surface area contributed by atoms with Crippen molar-refractivity contribution in [2.45, 2.75) is 31.7 Å². The van der Waals surface area contributed by atoms with Crippen molar-refractivity contribution < 1.29 is 19.1 Å². The van der Waals surface area contributed by atoms with E-state index in [1.807, 2.05) is 0 Å². The van der Waals surface area contributed by atoms with E-state index in [1.165, 1.54) is 7.11 Å². The fraction of sp³-hybridized carbons (Fsp3) is 0.471. The van der Waals surface area contributed by atoms with Crippen LogP contribution in [-0.4, -0.2) is 44.0 Å². The Morgan fingerprint density at radius 1 is 1.12 bits per heavy atom. The molecule has 0 aliphatic heterocycles. The van der Waals surface area contributed by atoms with Crippen LogP contribution in [0.15, 0.2) is 24.3 Å². The van der Waals surface area contributed by atoms with E-state index in [-0.39, 0.29) is 18.5 Å². The zero-order valence-corrected chi connectivity index (χ0v) is 13.8. The lowest BCUT2D eigenvalue weighted by Gasteiger charge is -2.15. The van der Waals surface area contributed by atoms with Crippen molar-refractivity contribution in [1.82, 2.24) is 10.6 Å². The predicted octanol–water partition coefficient (Wildman–Crippen LogP) is 1.06. The van der Waals surface area contributed by atoms with Crippen LogP contribution in [0.4, 0.5) is 5.69 Å². The number of methoxy groups -OCH3 is 1. The smallest absolute Gasteiger partial charge is 0.313 e. The zero-order valence-electron chi connectivity index (χ0n) is 13.8. The lowest BCUT2D eigenvalue weighted by atomic mass is 10.1. The summed E-state index contributed by atoms with van der Waals surface area (Å²) in [6, 6.07) is 6.83. The Morgan fingerprint density at radius 3 is 2.54 bits per heavy atom. The molecule has 0 aromatic heterocycles. The highest BCUT2D eigenvalue weighted by Gasteiger charge is 2.21. The Hall–Kier alpha value is -2.41. The molecule has 24 heavy (non-hydrogen) atoms. The third-order valence-electron chi connectivity index (χ3n) is 3.91. The molecule has 1 fully saturated rings. The van der Waals surface area contributed by atoms with Crippen molar-refractivity contribution >= 4 is 23.4 Å². The van der Waals surface area contributed by atoms with Crippen LogP contribution >= 0.6 is 0 Å². The average molecular weight is 333 g/mol. The van der Waals surface area contributed by atoms with Crippen molar-refractivity contribution in [3.05, 3.63) is 29.8 Å². The molecule has 3 N–H and O–H groups in total. The van der Waals surface area contributed by atoms with Crippen LogP contribution in [0.2, 0.25) is 0 Å². The van der Waals surface area contributed by atoms with Crippen LogP contribution in [0.5, 0.6) is 0 Å². The van der Waals surface area contributed by atoms with Crippen molar-refractivity contribution in [3.63, 3.8) is 0 Å². The number of ether oxygens (including phenoxy) is 1. The summed E-state index contributed by atoms with van der Waals surface area (Å²) < 4.78 is 4.80. The molecule has 0 bridgehead atoms. The number of amides is 3. The SMILES string of the molecule is COCCNC(=O)C(=O)Nc1ccccc1C(=O)NC1CCCC1. The van der Waals surface area contributed by atoms with Crippen LogP contribution in [0.1, 0.15) is 36.0 Å². The second kappa shape index (κ2) is 9.02. The second-order valence-electron chi connectivity index (χ2n) is 5.70. The number of hydrogen-bond donors (Lipinski definition) is 3. The zero-order chi connectivity index (χ0) is 17.4. The number of anilines is 1. The summed E-state index contributed by atoms with van der Waals surface area (Å²) in [4.78, 5) is 36.0. The maximum atomic E-state index is 12.4. The first-order chi connectivity index (χ1) is 11.6. The van der Waals surface area contributed by atoms with E-state index >= 15 is 0 Å². The summed E-state index contributed by atoms with van der Waals surface area (Å²) >= 11 is 0. The van der Waals surface area contributed by atoms with Crippen molar-refractivity contribution in [2.75, 3.05) is 25.6 Å². The molecule has 1 aliphatic rings. The van der Waals surface area contributed by atoms with Crippen LogP contribution < -0.4 is 16.0 Å². The topological polar surface area (TPSA) is 96.5 Å². The van der Waals surface area contributed by atoms with Gasteiger partial charge in [-0.05, 0) is 25.0 Å². The summed E-state index contributed by atoms with van der Waals surface area (Å²) in [5, 5.41) is 7.90. The molecule has 1 aromatic rings. The van der Waals surface area contributed by atoms with Crippen molar-refractivity contribution in [2.24, 2.45) is 0 Å². The monoisotopic (exact) mass is 333 g/mol.